The van der Waals surface area contributed by atoms with Crippen molar-refractivity contribution in [3.05, 3.63) is 59.9 Å². The molecule has 3 heteroatoms. The van der Waals surface area contributed by atoms with Crippen LogP contribution >= 0.6 is 0 Å². The molecule has 3 nitrogen and oxygen atoms in total. The van der Waals surface area contributed by atoms with Crippen molar-refractivity contribution in [2.45, 2.75) is 39.5 Å². The van der Waals surface area contributed by atoms with Crippen LogP contribution in [0.4, 0.5) is 0 Å². The van der Waals surface area contributed by atoms with Crippen LogP contribution in [0.15, 0.2) is 53.1 Å². The van der Waals surface area contributed by atoms with Crippen molar-refractivity contribution >= 4 is 22.1 Å². The summed E-state index contributed by atoms with van der Waals surface area (Å²) in [5.74, 6) is -0.571. The maximum absolute atomic E-state index is 8.59. The first-order valence-corrected chi connectivity index (χ1v) is 8.81. The van der Waals surface area contributed by atoms with Gasteiger partial charge in [-0.1, -0.05) is 32.0 Å². The van der Waals surface area contributed by atoms with Gasteiger partial charge in [-0.25, -0.2) is 4.98 Å². The van der Waals surface area contributed by atoms with Crippen molar-refractivity contribution < 1.29 is 5.79 Å². The fourth-order valence-corrected chi connectivity index (χ4v) is 3.39. The van der Waals surface area contributed by atoms with Crippen molar-refractivity contribution in [3.8, 4) is 11.3 Å². The molecule has 0 aliphatic carbocycles. The number of benzene rings is 1. The van der Waals surface area contributed by atoms with Crippen LogP contribution in [0.1, 0.15) is 45.2 Å². The SMILES string of the molecule is [2H]C(CC)(CC)c1ccc(-c2cccc3c2oc2nc(C)ccc23)nc1. The molecule has 126 valence electrons. The summed E-state index contributed by atoms with van der Waals surface area (Å²) in [6.45, 7) is 6.06. The number of rotatable bonds is 4. The number of hydrogen-bond donors (Lipinski definition) is 0. The normalized spacial score (nSPS) is 12.7. The number of aryl methyl sites for hydroxylation is 1. The molecule has 25 heavy (non-hydrogen) atoms. The number of furan rings is 1. The fourth-order valence-electron chi connectivity index (χ4n) is 3.39. The molecule has 0 amide bonds. The van der Waals surface area contributed by atoms with E-state index in [0.717, 1.165) is 51.7 Å². The molecule has 0 spiro atoms. The van der Waals surface area contributed by atoms with Crippen molar-refractivity contribution in [1.82, 2.24) is 9.97 Å². The zero-order valence-corrected chi connectivity index (χ0v) is 14.8. The lowest BCUT2D eigenvalue weighted by molar-refractivity contribution is 0.639. The van der Waals surface area contributed by atoms with Crippen molar-refractivity contribution in [2.24, 2.45) is 0 Å². The average Bonchev–Trinajstić information content (AvgIpc) is 3.05. The smallest absolute Gasteiger partial charge is 0.227 e. The van der Waals surface area contributed by atoms with Gasteiger partial charge in [0.2, 0.25) is 5.71 Å². The van der Waals surface area contributed by atoms with E-state index in [1.54, 1.807) is 0 Å². The fraction of sp³-hybridized carbons (Fsp3) is 0.273. The number of hydrogen-bond acceptors (Lipinski definition) is 3. The number of pyridine rings is 2. The van der Waals surface area contributed by atoms with Gasteiger partial charge in [0.05, 0.1) is 5.69 Å². The van der Waals surface area contributed by atoms with Crippen LogP contribution in [0.3, 0.4) is 0 Å². The monoisotopic (exact) mass is 331 g/mol. The number of fused-ring (bicyclic) bond motifs is 3. The molecule has 0 bridgehead atoms. The zero-order valence-electron chi connectivity index (χ0n) is 15.8. The molecule has 4 rings (SSSR count). The van der Waals surface area contributed by atoms with E-state index in [1.807, 2.05) is 43.5 Å². The highest BCUT2D eigenvalue weighted by Gasteiger charge is 2.14. The van der Waals surface area contributed by atoms with E-state index in [0.29, 0.717) is 5.71 Å². The molecule has 0 fully saturated rings. The standard InChI is InChI=1S/C22H22N2O/c1-4-15(5-2)16-10-12-20(23-13-16)19-8-6-7-17-18-11-9-14(3)24-22(18)25-21(17)19/h6-13,15H,4-5H2,1-3H3/i15D. The van der Waals surface area contributed by atoms with Crippen molar-refractivity contribution in [1.29, 1.82) is 0 Å². The second-order valence-corrected chi connectivity index (χ2v) is 6.33. The number of aromatic nitrogens is 2. The molecule has 0 aliphatic rings. The minimum atomic E-state index is -0.571. The summed E-state index contributed by atoms with van der Waals surface area (Å²) < 4.78 is 14.7. The van der Waals surface area contributed by atoms with Crippen LogP contribution in [-0.2, 0) is 0 Å². The molecule has 0 unspecified atom stereocenters. The third-order valence-corrected chi connectivity index (χ3v) is 4.80. The summed E-state index contributed by atoms with van der Waals surface area (Å²) in [6.07, 6.45) is 3.38. The van der Waals surface area contributed by atoms with Gasteiger partial charge in [-0.3, -0.25) is 4.98 Å². The Bertz CT molecular complexity index is 1080. The third kappa shape index (κ3) is 2.70. The van der Waals surface area contributed by atoms with Crippen LogP contribution < -0.4 is 0 Å². The van der Waals surface area contributed by atoms with E-state index in [2.05, 4.69) is 35.9 Å². The van der Waals surface area contributed by atoms with E-state index in [-0.39, 0.29) is 0 Å². The largest absolute Gasteiger partial charge is 0.437 e. The Labute approximate surface area is 149 Å². The van der Waals surface area contributed by atoms with Gasteiger partial charge >= 0.3 is 0 Å². The lowest BCUT2D eigenvalue weighted by Crippen LogP contribution is -1.96. The highest BCUT2D eigenvalue weighted by molar-refractivity contribution is 6.08. The number of nitrogens with zero attached hydrogens (tertiary/aromatic N) is 2. The van der Waals surface area contributed by atoms with E-state index in [9.17, 15) is 0 Å². The van der Waals surface area contributed by atoms with E-state index in [4.69, 9.17) is 5.79 Å². The van der Waals surface area contributed by atoms with Gasteiger partial charge in [-0.15, -0.1) is 0 Å². The molecule has 0 radical (unpaired) electrons. The maximum atomic E-state index is 8.59. The summed E-state index contributed by atoms with van der Waals surface area (Å²) in [4.78, 5) is 9.15. The Kier molecular flexibility index (Phi) is 3.70. The summed E-state index contributed by atoms with van der Waals surface area (Å²) in [7, 11) is 0. The molecule has 3 heterocycles. The second-order valence-electron chi connectivity index (χ2n) is 6.33. The van der Waals surface area contributed by atoms with E-state index >= 15 is 0 Å². The van der Waals surface area contributed by atoms with Gasteiger partial charge in [0, 0.05) is 29.6 Å². The Morgan fingerprint density at radius 1 is 1.04 bits per heavy atom. The summed E-state index contributed by atoms with van der Waals surface area (Å²) >= 11 is 0. The molecule has 1 aromatic carbocycles. The molecular formula is C22H22N2O. The maximum Gasteiger partial charge on any atom is 0.227 e. The lowest BCUT2D eigenvalue weighted by atomic mass is 9.95. The minimum absolute atomic E-state index is 0.571. The van der Waals surface area contributed by atoms with E-state index in [1.165, 1.54) is 0 Å². The Hall–Kier alpha value is -2.68. The van der Waals surface area contributed by atoms with Gasteiger partial charge < -0.3 is 4.42 Å². The average molecular weight is 331 g/mol. The molecule has 4 aromatic rings. The van der Waals surface area contributed by atoms with Crippen molar-refractivity contribution in [3.63, 3.8) is 0 Å². The van der Waals surface area contributed by atoms with Crippen LogP contribution in [0.2, 0.25) is 0 Å². The van der Waals surface area contributed by atoms with Crippen molar-refractivity contribution in [2.75, 3.05) is 0 Å². The molecular weight excluding hydrogens is 308 g/mol. The molecule has 0 aliphatic heterocycles. The summed E-state index contributed by atoms with van der Waals surface area (Å²) in [5, 5.41) is 2.07. The summed E-state index contributed by atoms with van der Waals surface area (Å²) in [5.41, 5.74) is 5.17. The first kappa shape index (κ1) is 14.6. The van der Waals surface area contributed by atoms with Crippen LogP contribution in [0, 0.1) is 6.92 Å². The second kappa shape index (κ2) is 6.32. The Balaban J connectivity index is 1.85. The molecule has 0 saturated heterocycles. The van der Waals surface area contributed by atoms with Gasteiger partial charge in [0.25, 0.3) is 0 Å². The van der Waals surface area contributed by atoms with Gasteiger partial charge in [-0.2, -0.15) is 0 Å². The predicted octanol–water partition coefficient (Wildman–Crippen LogP) is 6.26. The molecule has 0 atom stereocenters. The van der Waals surface area contributed by atoms with Crippen LogP contribution in [0.5, 0.6) is 0 Å². The first-order valence-electron chi connectivity index (χ1n) is 9.31. The number of para-hydroxylation sites is 1. The van der Waals surface area contributed by atoms with E-state index < -0.39 is 5.89 Å². The first-order chi connectivity index (χ1) is 12.6. The third-order valence-electron chi connectivity index (χ3n) is 4.80. The zero-order chi connectivity index (χ0) is 18.3. The molecule has 3 aromatic heterocycles. The van der Waals surface area contributed by atoms with Gasteiger partial charge in [0.15, 0.2) is 0 Å². The highest BCUT2D eigenvalue weighted by atomic mass is 16.3. The molecule has 0 N–H and O–H groups in total. The minimum Gasteiger partial charge on any atom is -0.437 e. The summed E-state index contributed by atoms with van der Waals surface area (Å²) in [6, 6.07) is 14.2. The van der Waals surface area contributed by atoms with Crippen LogP contribution in [0.25, 0.3) is 33.3 Å². The highest BCUT2D eigenvalue weighted by Crippen LogP contribution is 2.35. The topological polar surface area (TPSA) is 38.9 Å². The Morgan fingerprint density at radius 3 is 2.60 bits per heavy atom. The quantitative estimate of drug-likeness (QED) is 0.443. The van der Waals surface area contributed by atoms with Crippen LogP contribution in [-0.4, -0.2) is 9.97 Å². The van der Waals surface area contributed by atoms with Gasteiger partial charge in [-0.05, 0) is 55.5 Å². The predicted molar refractivity (Wildman–Crippen MR) is 103 cm³/mol. The molecule has 0 saturated carbocycles. The Morgan fingerprint density at radius 2 is 1.88 bits per heavy atom. The lowest BCUT2D eigenvalue weighted by Gasteiger charge is -2.12. The van der Waals surface area contributed by atoms with Gasteiger partial charge in [0.1, 0.15) is 5.58 Å².